The van der Waals surface area contributed by atoms with Gasteiger partial charge in [0.05, 0.1) is 0 Å². The van der Waals surface area contributed by atoms with Crippen LogP contribution in [0.3, 0.4) is 0 Å². The van der Waals surface area contributed by atoms with Gasteiger partial charge in [0, 0.05) is 29.4 Å². The summed E-state index contributed by atoms with van der Waals surface area (Å²) in [7, 11) is -0.856. The van der Waals surface area contributed by atoms with Crippen LogP contribution in [0.15, 0.2) is 0 Å². The number of nitrogens with one attached hydrogen (secondary N) is 1. The van der Waals surface area contributed by atoms with Gasteiger partial charge in [-0.1, -0.05) is 13.8 Å². The normalized spacial score (nSPS) is 28.7. The summed E-state index contributed by atoms with van der Waals surface area (Å²) in [6.45, 7) is 4.44. The molecule has 2 aliphatic rings. The van der Waals surface area contributed by atoms with Gasteiger partial charge in [-0.15, -0.1) is 0 Å². The fraction of sp³-hybridized carbons (Fsp3) is 0.857. The van der Waals surface area contributed by atoms with Crippen LogP contribution in [-0.2, 0) is 20.4 Å². The Hall–Kier alpha value is -0.910. The molecule has 0 bridgehead atoms. The molecule has 1 N–H and O–H groups in total. The summed E-state index contributed by atoms with van der Waals surface area (Å²) in [4.78, 5) is 26.6. The van der Waals surface area contributed by atoms with Gasteiger partial charge in [0.1, 0.15) is 12.1 Å². The topological polar surface area (TPSA) is 66.5 Å². The van der Waals surface area contributed by atoms with Crippen molar-refractivity contribution in [2.24, 2.45) is 11.8 Å². The van der Waals surface area contributed by atoms with Crippen molar-refractivity contribution in [2.75, 3.05) is 18.6 Å². The van der Waals surface area contributed by atoms with Crippen molar-refractivity contribution in [3.8, 4) is 0 Å². The van der Waals surface area contributed by atoms with Gasteiger partial charge >= 0.3 is 0 Å². The number of hydrogen-bond acceptors (Lipinski definition) is 3. The summed E-state index contributed by atoms with van der Waals surface area (Å²) in [5.74, 6) is 1.00. The first-order valence-electron chi connectivity index (χ1n) is 7.32. The first-order valence-corrected chi connectivity index (χ1v) is 9.05. The maximum Gasteiger partial charge on any atom is 0.246 e. The highest BCUT2D eigenvalue weighted by molar-refractivity contribution is 7.84. The van der Waals surface area contributed by atoms with E-state index < -0.39 is 10.8 Å². The van der Waals surface area contributed by atoms with Crippen molar-refractivity contribution in [3.05, 3.63) is 0 Å². The summed E-state index contributed by atoms with van der Waals surface area (Å²) in [6.07, 6.45) is 4.39. The SMILES string of the molecule is CC(C)C1C(=O)NC(C2CC2)C(=O)N1CCCS(C)=O. The summed E-state index contributed by atoms with van der Waals surface area (Å²) < 4.78 is 11.2. The molecule has 3 atom stereocenters. The van der Waals surface area contributed by atoms with E-state index in [1.165, 1.54) is 0 Å². The lowest BCUT2D eigenvalue weighted by Gasteiger charge is -2.41. The molecular weight excluding hydrogens is 276 g/mol. The zero-order valence-corrected chi connectivity index (χ0v) is 13.2. The van der Waals surface area contributed by atoms with Gasteiger partial charge < -0.3 is 10.2 Å². The molecule has 1 aliphatic carbocycles. The Balaban J connectivity index is 2.08. The molecule has 20 heavy (non-hydrogen) atoms. The van der Waals surface area contributed by atoms with Gasteiger partial charge in [0.2, 0.25) is 11.8 Å². The molecule has 1 saturated carbocycles. The Morgan fingerprint density at radius 3 is 2.50 bits per heavy atom. The van der Waals surface area contributed by atoms with Crippen LogP contribution in [0.5, 0.6) is 0 Å². The zero-order valence-electron chi connectivity index (χ0n) is 12.4. The van der Waals surface area contributed by atoms with Crippen molar-refractivity contribution in [3.63, 3.8) is 0 Å². The molecule has 6 heteroatoms. The highest BCUT2D eigenvalue weighted by atomic mass is 32.2. The van der Waals surface area contributed by atoms with E-state index in [2.05, 4.69) is 5.32 Å². The first kappa shape index (κ1) is 15.5. The monoisotopic (exact) mass is 300 g/mol. The second-order valence-corrected chi connectivity index (χ2v) is 7.73. The van der Waals surface area contributed by atoms with E-state index in [1.807, 2.05) is 13.8 Å². The zero-order chi connectivity index (χ0) is 14.9. The predicted octanol–water partition coefficient (Wildman–Crippen LogP) is 0.517. The van der Waals surface area contributed by atoms with E-state index in [-0.39, 0.29) is 29.8 Å². The number of carbonyl (C=O) groups is 2. The Labute approximate surface area is 122 Å². The molecule has 1 saturated heterocycles. The van der Waals surface area contributed by atoms with Crippen molar-refractivity contribution >= 4 is 22.6 Å². The fourth-order valence-electron chi connectivity index (χ4n) is 2.86. The van der Waals surface area contributed by atoms with Crippen molar-refractivity contribution in [1.82, 2.24) is 10.2 Å². The van der Waals surface area contributed by atoms with E-state index >= 15 is 0 Å². The Kier molecular flexibility index (Phi) is 4.83. The summed E-state index contributed by atoms with van der Waals surface area (Å²) in [6, 6.07) is -0.715. The van der Waals surface area contributed by atoms with Crippen molar-refractivity contribution in [1.29, 1.82) is 0 Å². The van der Waals surface area contributed by atoms with Crippen molar-refractivity contribution < 1.29 is 13.8 Å². The van der Waals surface area contributed by atoms with Crippen LogP contribution in [0.4, 0.5) is 0 Å². The van der Waals surface area contributed by atoms with Gasteiger partial charge in [-0.3, -0.25) is 13.8 Å². The van der Waals surface area contributed by atoms with Crippen molar-refractivity contribution in [2.45, 2.75) is 45.2 Å². The highest BCUT2D eigenvalue weighted by Gasteiger charge is 2.47. The molecule has 2 rings (SSSR count). The molecule has 5 nitrogen and oxygen atoms in total. The third-order valence-corrected chi connectivity index (χ3v) is 4.87. The largest absolute Gasteiger partial charge is 0.342 e. The first-order chi connectivity index (χ1) is 9.41. The highest BCUT2D eigenvalue weighted by Crippen LogP contribution is 2.35. The third kappa shape index (κ3) is 3.40. The molecular formula is C14H24N2O3S. The van der Waals surface area contributed by atoms with Gasteiger partial charge in [-0.25, -0.2) is 0 Å². The van der Waals surface area contributed by atoms with Crippen LogP contribution >= 0.6 is 0 Å². The van der Waals surface area contributed by atoms with E-state index in [4.69, 9.17) is 0 Å². The summed E-state index contributed by atoms with van der Waals surface area (Å²) in [5, 5.41) is 2.90. The molecule has 0 aromatic heterocycles. The smallest absolute Gasteiger partial charge is 0.246 e. The van der Waals surface area contributed by atoms with E-state index in [0.29, 0.717) is 24.6 Å². The predicted molar refractivity (Wildman–Crippen MR) is 78.5 cm³/mol. The van der Waals surface area contributed by atoms with Crippen LogP contribution in [0.2, 0.25) is 0 Å². The minimum Gasteiger partial charge on any atom is -0.342 e. The molecule has 1 heterocycles. The maximum atomic E-state index is 12.6. The molecule has 2 fully saturated rings. The molecule has 114 valence electrons. The Bertz CT molecular complexity index is 421. The van der Waals surface area contributed by atoms with Crippen LogP contribution in [0.25, 0.3) is 0 Å². The standard InChI is InChI=1S/C14H24N2O3S/c1-9(2)12-13(17)15-11(10-5-6-10)14(18)16(12)7-4-8-20(3)19/h9-12H,4-8H2,1-3H3,(H,15,17). The summed E-state index contributed by atoms with van der Waals surface area (Å²) in [5.41, 5.74) is 0. The van der Waals surface area contributed by atoms with Gasteiger partial charge in [0.15, 0.2) is 0 Å². The minimum absolute atomic E-state index is 0.0332. The fourth-order valence-corrected chi connectivity index (χ4v) is 3.39. The molecule has 0 aromatic rings. The quantitative estimate of drug-likeness (QED) is 0.777. The Morgan fingerprint density at radius 2 is 2.00 bits per heavy atom. The maximum absolute atomic E-state index is 12.6. The molecule has 1 aliphatic heterocycles. The number of rotatable bonds is 6. The molecule has 2 amide bonds. The van der Waals surface area contributed by atoms with Gasteiger partial charge in [-0.2, -0.15) is 0 Å². The minimum atomic E-state index is -0.856. The summed E-state index contributed by atoms with van der Waals surface area (Å²) >= 11 is 0. The van der Waals surface area contributed by atoms with E-state index in [9.17, 15) is 13.8 Å². The third-order valence-electron chi connectivity index (χ3n) is 4.01. The molecule has 3 unspecified atom stereocenters. The second-order valence-electron chi connectivity index (χ2n) is 6.18. The lowest BCUT2D eigenvalue weighted by molar-refractivity contribution is -0.151. The number of carbonyl (C=O) groups excluding carboxylic acids is 2. The second kappa shape index (κ2) is 6.24. The number of amides is 2. The molecule has 0 spiro atoms. The van der Waals surface area contributed by atoms with Gasteiger partial charge in [0.25, 0.3) is 0 Å². The molecule has 0 aromatic carbocycles. The van der Waals surface area contributed by atoms with Crippen LogP contribution in [-0.4, -0.2) is 51.6 Å². The Morgan fingerprint density at radius 1 is 1.35 bits per heavy atom. The van der Waals surface area contributed by atoms with Gasteiger partial charge in [-0.05, 0) is 31.1 Å². The average Bonchev–Trinajstić information content (AvgIpc) is 3.16. The lowest BCUT2D eigenvalue weighted by Crippen LogP contribution is -2.65. The van der Waals surface area contributed by atoms with E-state index in [1.54, 1.807) is 11.2 Å². The van der Waals surface area contributed by atoms with Crippen LogP contribution in [0.1, 0.15) is 33.1 Å². The lowest BCUT2D eigenvalue weighted by atomic mass is 9.95. The van der Waals surface area contributed by atoms with E-state index in [0.717, 1.165) is 12.8 Å². The molecule has 0 radical (unpaired) electrons. The average molecular weight is 300 g/mol. The van der Waals surface area contributed by atoms with Crippen LogP contribution in [0, 0.1) is 11.8 Å². The number of nitrogens with zero attached hydrogens (tertiary/aromatic N) is 1. The number of piperazine rings is 1. The van der Waals surface area contributed by atoms with Crippen LogP contribution < -0.4 is 5.32 Å². The number of hydrogen-bond donors (Lipinski definition) is 1.